The molecular formula is C21H29ClN2O3. The molecule has 1 fully saturated rings. The standard InChI is InChI=1S/C21H28N2O3.ClH/c1-5-26-18-12-21(22,20(18,2)3)19(24)23-13-16-15-9-7-6-8-14(15)10-11-17(16)25-4;/h6-11,18H,5,12-13,22H2,1-4H3,(H,23,24);1H. The van der Waals surface area contributed by atoms with Gasteiger partial charge in [-0.1, -0.05) is 44.2 Å². The third-order valence-electron chi connectivity index (χ3n) is 5.88. The van der Waals surface area contributed by atoms with Crippen molar-refractivity contribution in [2.24, 2.45) is 11.1 Å². The number of fused-ring (bicyclic) bond motifs is 1. The Morgan fingerprint density at radius 3 is 2.59 bits per heavy atom. The molecule has 0 bridgehead atoms. The van der Waals surface area contributed by atoms with Crippen LogP contribution in [0.15, 0.2) is 36.4 Å². The zero-order valence-electron chi connectivity index (χ0n) is 16.4. The van der Waals surface area contributed by atoms with Crippen LogP contribution in [-0.2, 0) is 16.1 Å². The third kappa shape index (κ3) is 3.51. The highest BCUT2D eigenvalue weighted by molar-refractivity contribution is 5.91. The average molecular weight is 393 g/mol. The van der Waals surface area contributed by atoms with Crippen molar-refractivity contribution < 1.29 is 14.3 Å². The van der Waals surface area contributed by atoms with Gasteiger partial charge in [0.15, 0.2) is 0 Å². The van der Waals surface area contributed by atoms with Crippen molar-refractivity contribution in [3.8, 4) is 5.75 Å². The fourth-order valence-corrected chi connectivity index (χ4v) is 3.84. The van der Waals surface area contributed by atoms with Gasteiger partial charge in [0, 0.05) is 30.6 Å². The summed E-state index contributed by atoms with van der Waals surface area (Å²) in [6, 6.07) is 12.0. The van der Waals surface area contributed by atoms with Crippen molar-refractivity contribution in [2.75, 3.05) is 13.7 Å². The first-order chi connectivity index (χ1) is 12.3. The van der Waals surface area contributed by atoms with Gasteiger partial charge in [-0.3, -0.25) is 4.79 Å². The van der Waals surface area contributed by atoms with E-state index in [0.717, 1.165) is 22.1 Å². The van der Waals surface area contributed by atoms with Gasteiger partial charge in [0.1, 0.15) is 11.3 Å². The lowest BCUT2D eigenvalue weighted by molar-refractivity contribution is -0.170. The molecule has 0 saturated heterocycles. The number of methoxy groups -OCH3 is 1. The molecule has 2 unspecified atom stereocenters. The first-order valence-electron chi connectivity index (χ1n) is 9.08. The number of amides is 1. The van der Waals surface area contributed by atoms with Crippen LogP contribution in [0.1, 0.15) is 32.8 Å². The molecule has 0 heterocycles. The maximum Gasteiger partial charge on any atom is 0.241 e. The van der Waals surface area contributed by atoms with Crippen molar-refractivity contribution in [1.29, 1.82) is 0 Å². The smallest absolute Gasteiger partial charge is 0.241 e. The number of halogens is 1. The highest BCUT2D eigenvalue weighted by Crippen LogP contribution is 2.49. The van der Waals surface area contributed by atoms with E-state index in [2.05, 4.69) is 5.32 Å². The first kappa shape index (κ1) is 21.5. The van der Waals surface area contributed by atoms with Crippen LogP contribution in [0.4, 0.5) is 0 Å². The van der Waals surface area contributed by atoms with Crippen LogP contribution >= 0.6 is 12.4 Å². The number of nitrogens with two attached hydrogens (primary N) is 1. The van der Waals surface area contributed by atoms with Gasteiger partial charge >= 0.3 is 0 Å². The summed E-state index contributed by atoms with van der Waals surface area (Å²) in [5, 5.41) is 5.21. The third-order valence-corrected chi connectivity index (χ3v) is 5.88. The molecule has 5 nitrogen and oxygen atoms in total. The van der Waals surface area contributed by atoms with Gasteiger partial charge in [-0.25, -0.2) is 0 Å². The Morgan fingerprint density at radius 1 is 1.26 bits per heavy atom. The Morgan fingerprint density at radius 2 is 1.96 bits per heavy atom. The summed E-state index contributed by atoms with van der Waals surface area (Å²) in [5.41, 5.74) is 6.10. The SMILES string of the molecule is CCOC1CC(N)(C(=O)NCc2c(OC)ccc3ccccc23)C1(C)C.Cl. The van der Waals surface area contributed by atoms with E-state index in [9.17, 15) is 4.79 Å². The van der Waals surface area contributed by atoms with E-state index in [0.29, 0.717) is 19.6 Å². The van der Waals surface area contributed by atoms with Gasteiger partial charge in [0.05, 0.1) is 13.2 Å². The highest BCUT2D eigenvalue weighted by atomic mass is 35.5. The predicted octanol–water partition coefficient (Wildman–Crippen LogP) is 3.42. The normalized spacial score (nSPS) is 23.2. The maximum atomic E-state index is 12.9. The number of carbonyl (C=O) groups excluding carboxylic acids is 1. The first-order valence-corrected chi connectivity index (χ1v) is 9.08. The molecule has 6 heteroatoms. The van der Waals surface area contributed by atoms with Gasteiger partial charge in [-0.2, -0.15) is 0 Å². The van der Waals surface area contributed by atoms with E-state index >= 15 is 0 Å². The number of ether oxygens (including phenoxy) is 2. The Balaban J connectivity index is 0.00000261. The summed E-state index contributed by atoms with van der Waals surface area (Å²) in [4.78, 5) is 12.9. The summed E-state index contributed by atoms with van der Waals surface area (Å²) in [5.74, 6) is 0.614. The van der Waals surface area contributed by atoms with Gasteiger partial charge in [0.25, 0.3) is 0 Å². The Hall–Kier alpha value is -1.82. The van der Waals surface area contributed by atoms with E-state index in [1.54, 1.807) is 7.11 Å². The number of hydrogen-bond acceptors (Lipinski definition) is 4. The van der Waals surface area contributed by atoms with Crippen molar-refractivity contribution in [2.45, 2.75) is 45.4 Å². The van der Waals surface area contributed by atoms with Crippen molar-refractivity contribution in [3.05, 3.63) is 42.0 Å². The second-order valence-electron chi connectivity index (χ2n) is 7.49. The summed E-state index contributed by atoms with van der Waals surface area (Å²) >= 11 is 0. The molecule has 0 spiro atoms. The predicted molar refractivity (Wildman–Crippen MR) is 110 cm³/mol. The second-order valence-corrected chi connectivity index (χ2v) is 7.49. The van der Waals surface area contributed by atoms with Gasteiger partial charge in [0.2, 0.25) is 5.91 Å². The molecule has 1 aliphatic rings. The van der Waals surface area contributed by atoms with Crippen LogP contribution in [0, 0.1) is 5.41 Å². The van der Waals surface area contributed by atoms with E-state index in [-0.39, 0.29) is 24.4 Å². The molecule has 0 radical (unpaired) electrons. The minimum absolute atomic E-state index is 0. The lowest BCUT2D eigenvalue weighted by Crippen LogP contribution is -2.75. The number of rotatable bonds is 6. The fourth-order valence-electron chi connectivity index (χ4n) is 3.84. The van der Waals surface area contributed by atoms with Crippen LogP contribution < -0.4 is 15.8 Å². The Bertz CT molecular complexity index is 824. The number of hydrogen-bond donors (Lipinski definition) is 2. The monoisotopic (exact) mass is 392 g/mol. The molecule has 27 heavy (non-hydrogen) atoms. The van der Waals surface area contributed by atoms with Gasteiger partial charge in [-0.05, 0) is 23.8 Å². The summed E-state index contributed by atoms with van der Waals surface area (Å²) < 4.78 is 11.2. The average Bonchev–Trinajstić information content (AvgIpc) is 2.65. The zero-order valence-corrected chi connectivity index (χ0v) is 17.2. The van der Waals surface area contributed by atoms with Crippen LogP contribution in [-0.4, -0.2) is 31.3 Å². The largest absolute Gasteiger partial charge is 0.496 e. The van der Waals surface area contributed by atoms with Crippen molar-refractivity contribution in [1.82, 2.24) is 5.32 Å². The molecule has 1 saturated carbocycles. The summed E-state index contributed by atoms with van der Waals surface area (Å²) in [7, 11) is 1.64. The number of benzene rings is 2. The minimum atomic E-state index is -0.926. The molecule has 0 aromatic heterocycles. The van der Waals surface area contributed by atoms with E-state index < -0.39 is 11.0 Å². The lowest BCUT2D eigenvalue weighted by atomic mass is 9.54. The molecule has 1 aliphatic carbocycles. The van der Waals surface area contributed by atoms with Crippen LogP contribution in [0.25, 0.3) is 10.8 Å². The Labute approximate surface area is 167 Å². The van der Waals surface area contributed by atoms with E-state index in [1.807, 2.05) is 57.2 Å². The van der Waals surface area contributed by atoms with E-state index in [1.165, 1.54) is 0 Å². The molecule has 0 aliphatic heterocycles. The maximum absolute atomic E-state index is 12.9. The van der Waals surface area contributed by atoms with Crippen LogP contribution in [0.5, 0.6) is 5.75 Å². The molecule has 1 amide bonds. The molecule has 2 atom stereocenters. The van der Waals surface area contributed by atoms with Gasteiger partial charge in [-0.15, -0.1) is 12.4 Å². The zero-order chi connectivity index (χ0) is 18.9. The van der Waals surface area contributed by atoms with Crippen LogP contribution in [0.3, 0.4) is 0 Å². The molecule has 3 rings (SSSR count). The van der Waals surface area contributed by atoms with Crippen molar-refractivity contribution in [3.63, 3.8) is 0 Å². The molecule has 148 valence electrons. The topological polar surface area (TPSA) is 73.6 Å². The molecular weight excluding hydrogens is 364 g/mol. The summed E-state index contributed by atoms with van der Waals surface area (Å²) in [6.07, 6.45) is 0.544. The van der Waals surface area contributed by atoms with E-state index in [4.69, 9.17) is 15.2 Å². The molecule has 3 N–H and O–H groups in total. The Kier molecular flexibility index (Phi) is 6.40. The van der Waals surface area contributed by atoms with Gasteiger partial charge < -0.3 is 20.5 Å². The fraction of sp³-hybridized carbons (Fsp3) is 0.476. The highest BCUT2D eigenvalue weighted by Gasteiger charge is 2.62. The molecule has 2 aromatic rings. The van der Waals surface area contributed by atoms with Crippen molar-refractivity contribution >= 4 is 29.1 Å². The van der Waals surface area contributed by atoms with Crippen LogP contribution in [0.2, 0.25) is 0 Å². The summed E-state index contributed by atoms with van der Waals surface area (Å²) in [6.45, 7) is 6.94. The quantitative estimate of drug-likeness (QED) is 0.789. The second kappa shape index (κ2) is 8.05. The minimum Gasteiger partial charge on any atom is -0.496 e. The lowest BCUT2D eigenvalue weighted by Gasteiger charge is -2.57. The number of carbonyl (C=O) groups is 1. The molecule has 2 aromatic carbocycles. The number of nitrogens with one attached hydrogen (secondary N) is 1.